The molecular weight excluding hydrogens is 296 g/mol. The van der Waals surface area contributed by atoms with Gasteiger partial charge in [-0.1, -0.05) is 11.6 Å². The van der Waals surface area contributed by atoms with E-state index in [0.29, 0.717) is 6.04 Å². The number of halogens is 1. The van der Waals surface area contributed by atoms with Gasteiger partial charge in [-0.25, -0.2) is 4.98 Å². The molecule has 0 bridgehead atoms. The Kier molecular flexibility index (Phi) is 4.74. The van der Waals surface area contributed by atoms with Gasteiger partial charge in [-0.05, 0) is 32.9 Å². The van der Waals surface area contributed by atoms with Crippen molar-refractivity contribution in [2.45, 2.75) is 31.8 Å². The Bertz CT molecular complexity index is 566. The number of carbonyl (C=O) groups excluding carboxylic acids is 1. The third-order valence-electron chi connectivity index (χ3n) is 3.85. The highest BCUT2D eigenvalue weighted by atomic mass is 35.5. The van der Waals surface area contributed by atoms with Crippen molar-refractivity contribution in [3.63, 3.8) is 0 Å². The van der Waals surface area contributed by atoms with Crippen molar-refractivity contribution in [3.8, 4) is 0 Å². The van der Waals surface area contributed by atoms with E-state index in [1.165, 1.54) is 12.3 Å². The third kappa shape index (κ3) is 3.48. The maximum Gasteiger partial charge on any atom is 0.319 e. The van der Waals surface area contributed by atoms with Crippen molar-refractivity contribution in [2.75, 3.05) is 13.6 Å². The third-order valence-corrected chi connectivity index (χ3v) is 4.13. The summed E-state index contributed by atoms with van der Waals surface area (Å²) in [5, 5.41) is 13.6. The summed E-state index contributed by atoms with van der Waals surface area (Å²) in [5.74, 6) is -0.479. The molecule has 2 rings (SSSR count). The van der Waals surface area contributed by atoms with Crippen LogP contribution in [0.4, 0.5) is 5.69 Å². The largest absolute Gasteiger partial charge is 0.349 e. The predicted octanol–water partition coefficient (Wildman–Crippen LogP) is 1.86. The highest BCUT2D eigenvalue weighted by Crippen LogP contribution is 2.26. The van der Waals surface area contributed by atoms with Gasteiger partial charge in [0.1, 0.15) is 5.56 Å². The zero-order chi connectivity index (χ0) is 15.6. The lowest BCUT2D eigenvalue weighted by atomic mass is 9.98. The summed E-state index contributed by atoms with van der Waals surface area (Å²) >= 11 is 5.71. The topological polar surface area (TPSA) is 88.4 Å². The number of rotatable bonds is 3. The van der Waals surface area contributed by atoms with Gasteiger partial charge >= 0.3 is 5.69 Å². The van der Waals surface area contributed by atoms with E-state index in [1.54, 1.807) is 0 Å². The maximum absolute atomic E-state index is 12.3. The van der Waals surface area contributed by atoms with Crippen molar-refractivity contribution in [3.05, 3.63) is 33.1 Å². The van der Waals surface area contributed by atoms with Gasteiger partial charge in [0.2, 0.25) is 5.15 Å². The lowest BCUT2D eigenvalue weighted by Crippen LogP contribution is -2.47. The Labute approximate surface area is 127 Å². The second-order valence-corrected chi connectivity index (χ2v) is 5.64. The minimum Gasteiger partial charge on any atom is -0.349 e. The molecule has 2 unspecified atom stereocenters. The molecule has 0 spiro atoms. The number of amides is 1. The number of nitro groups is 1. The summed E-state index contributed by atoms with van der Waals surface area (Å²) in [7, 11) is 2.04. The maximum atomic E-state index is 12.3. The Balaban J connectivity index is 2.14. The number of aromatic nitrogens is 1. The molecule has 1 aliphatic heterocycles. The van der Waals surface area contributed by atoms with Gasteiger partial charge in [-0.3, -0.25) is 14.9 Å². The van der Waals surface area contributed by atoms with Gasteiger partial charge in [-0.15, -0.1) is 0 Å². The van der Waals surface area contributed by atoms with E-state index in [9.17, 15) is 14.9 Å². The summed E-state index contributed by atoms with van der Waals surface area (Å²) in [6.45, 7) is 2.97. The molecule has 2 atom stereocenters. The first-order valence-corrected chi connectivity index (χ1v) is 7.08. The highest BCUT2D eigenvalue weighted by molar-refractivity contribution is 6.32. The summed E-state index contributed by atoms with van der Waals surface area (Å²) in [6, 6.07) is 1.69. The molecule has 1 fully saturated rings. The van der Waals surface area contributed by atoms with Crippen LogP contribution in [0.25, 0.3) is 0 Å². The zero-order valence-electron chi connectivity index (χ0n) is 11.9. The molecule has 7 nitrogen and oxygen atoms in total. The smallest absolute Gasteiger partial charge is 0.319 e. The molecule has 0 radical (unpaired) electrons. The fourth-order valence-corrected chi connectivity index (χ4v) is 2.70. The van der Waals surface area contributed by atoms with Crippen molar-refractivity contribution < 1.29 is 9.72 Å². The van der Waals surface area contributed by atoms with Gasteiger partial charge < -0.3 is 10.2 Å². The van der Waals surface area contributed by atoms with Gasteiger partial charge in [0.15, 0.2) is 0 Å². The molecule has 2 heterocycles. The number of pyridine rings is 1. The fraction of sp³-hybridized carbons (Fsp3) is 0.538. The second kappa shape index (κ2) is 6.36. The van der Waals surface area contributed by atoms with Crippen LogP contribution in [0.1, 0.15) is 30.1 Å². The quantitative estimate of drug-likeness (QED) is 0.523. The highest BCUT2D eigenvalue weighted by Gasteiger charge is 2.28. The average Bonchev–Trinajstić information content (AvgIpc) is 2.42. The predicted molar refractivity (Wildman–Crippen MR) is 78.5 cm³/mol. The number of nitrogens with one attached hydrogen (secondary N) is 1. The monoisotopic (exact) mass is 312 g/mol. The van der Waals surface area contributed by atoms with Crippen LogP contribution in [0.2, 0.25) is 5.15 Å². The van der Waals surface area contributed by atoms with Gasteiger partial charge in [-0.2, -0.15) is 0 Å². The first kappa shape index (κ1) is 15.7. The standard InChI is InChI=1S/C13H17ClN4O3/c1-8-7-9(4-6-17(8)2)16-13(19)10-3-5-15-12(14)11(10)18(20)21/h3,5,8-9H,4,6-7H2,1-2H3,(H,16,19). The minimum absolute atomic E-state index is 0.00949. The molecule has 1 aromatic heterocycles. The molecule has 1 N–H and O–H groups in total. The van der Waals surface area contributed by atoms with E-state index < -0.39 is 16.5 Å². The Morgan fingerprint density at radius 3 is 2.95 bits per heavy atom. The second-order valence-electron chi connectivity index (χ2n) is 5.28. The van der Waals surface area contributed by atoms with Crippen molar-refractivity contribution in [1.29, 1.82) is 0 Å². The first-order valence-electron chi connectivity index (χ1n) is 6.70. The van der Waals surface area contributed by atoms with E-state index in [4.69, 9.17) is 11.6 Å². The normalized spacial score (nSPS) is 22.8. The van der Waals surface area contributed by atoms with Gasteiger partial charge in [0, 0.05) is 24.8 Å². The van der Waals surface area contributed by atoms with Crippen LogP contribution in [-0.4, -0.2) is 46.4 Å². The number of likely N-dealkylation sites (tertiary alicyclic amines) is 1. The molecule has 8 heteroatoms. The number of carbonyl (C=O) groups is 1. The summed E-state index contributed by atoms with van der Waals surface area (Å²) in [6.07, 6.45) is 2.93. The molecule has 0 aromatic carbocycles. The number of hydrogen-bond acceptors (Lipinski definition) is 5. The fourth-order valence-electron chi connectivity index (χ4n) is 2.47. The SMILES string of the molecule is CC1CC(NC(=O)c2ccnc(Cl)c2[N+](=O)[O-])CCN1C. The van der Waals surface area contributed by atoms with Crippen LogP contribution in [0.5, 0.6) is 0 Å². The van der Waals surface area contributed by atoms with E-state index in [-0.39, 0.29) is 16.8 Å². The lowest BCUT2D eigenvalue weighted by Gasteiger charge is -2.35. The lowest BCUT2D eigenvalue weighted by molar-refractivity contribution is -0.385. The molecule has 114 valence electrons. The number of hydrogen-bond donors (Lipinski definition) is 1. The Hall–Kier alpha value is -1.73. The summed E-state index contributed by atoms with van der Waals surface area (Å²) in [4.78, 5) is 28.5. The van der Waals surface area contributed by atoms with Crippen LogP contribution in [0.3, 0.4) is 0 Å². The number of piperidine rings is 1. The molecule has 0 aliphatic carbocycles. The van der Waals surface area contributed by atoms with Crippen LogP contribution >= 0.6 is 11.6 Å². The van der Waals surface area contributed by atoms with Crippen LogP contribution in [0, 0.1) is 10.1 Å². The Morgan fingerprint density at radius 2 is 2.33 bits per heavy atom. The van der Waals surface area contributed by atoms with Crippen molar-refractivity contribution in [1.82, 2.24) is 15.2 Å². The molecule has 21 heavy (non-hydrogen) atoms. The molecule has 1 aliphatic rings. The zero-order valence-corrected chi connectivity index (χ0v) is 12.6. The molecule has 1 saturated heterocycles. The van der Waals surface area contributed by atoms with E-state index in [1.807, 2.05) is 7.05 Å². The summed E-state index contributed by atoms with van der Waals surface area (Å²) in [5.41, 5.74) is -0.496. The summed E-state index contributed by atoms with van der Waals surface area (Å²) < 4.78 is 0. The minimum atomic E-state index is -0.679. The van der Waals surface area contributed by atoms with Crippen LogP contribution < -0.4 is 5.32 Å². The van der Waals surface area contributed by atoms with Crippen molar-refractivity contribution >= 4 is 23.2 Å². The molecule has 0 saturated carbocycles. The van der Waals surface area contributed by atoms with E-state index in [0.717, 1.165) is 19.4 Å². The molecular formula is C13H17ClN4O3. The Morgan fingerprint density at radius 1 is 1.62 bits per heavy atom. The van der Waals surface area contributed by atoms with Crippen molar-refractivity contribution in [2.24, 2.45) is 0 Å². The van der Waals surface area contributed by atoms with Crippen LogP contribution in [-0.2, 0) is 0 Å². The number of nitrogens with zero attached hydrogens (tertiary/aromatic N) is 3. The first-order chi connectivity index (χ1) is 9.90. The van der Waals surface area contributed by atoms with E-state index >= 15 is 0 Å². The van der Waals surface area contributed by atoms with Crippen LogP contribution in [0.15, 0.2) is 12.3 Å². The molecule has 1 amide bonds. The molecule has 1 aromatic rings. The van der Waals surface area contributed by atoms with E-state index in [2.05, 4.69) is 22.1 Å². The van der Waals surface area contributed by atoms with Gasteiger partial charge in [0.25, 0.3) is 5.91 Å². The average molecular weight is 313 g/mol. The van der Waals surface area contributed by atoms with Gasteiger partial charge in [0.05, 0.1) is 4.92 Å².